The SMILES string of the molecule is COc1cc(CN2CCC3(CC2)CC3c2noc(C)n2)cc(OC)c1. The molecule has 6 nitrogen and oxygen atoms in total. The predicted molar refractivity (Wildman–Crippen MR) is 92.9 cm³/mol. The zero-order valence-electron chi connectivity index (χ0n) is 15.1. The summed E-state index contributed by atoms with van der Waals surface area (Å²) in [5.41, 5.74) is 1.63. The summed E-state index contributed by atoms with van der Waals surface area (Å²) in [5.74, 6) is 3.75. The van der Waals surface area contributed by atoms with Crippen molar-refractivity contribution in [2.45, 2.75) is 38.6 Å². The van der Waals surface area contributed by atoms with E-state index in [1.165, 1.54) is 24.8 Å². The van der Waals surface area contributed by atoms with Gasteiger partial charge in [-0.1, -0.05) is 5.16 Å². The van der Waals surface area contributed by atoms with Crippen molar-refractivity contribution >= 4 is 0 Å². The van der Waals surface area contributed by atoms with Gasteiger partial charge in [-0.3, -0.25) is 4.90 Å². The van der Waals surface area contributed by atoms with E-state index in [1.54, 1.807) is 14.2 Å². The largest absolute Gasteiger partial charge is 0.497 e. The Morgan fingerprint density at radius 3 is 2.40 bits per heavy atom. The van der Waals surface area contributed by atoms with Gasteiger partial charge in [-0.2, -0.15) is 4.98 Å². The van der Waals surface area contributed by atoms with Gasteiger partial charge in [-0.05, 0) is 55.5 Å². The smallest absolute Gasteiger partial charge is 0.223 e. The Morgan fingerprint density at radius 1 is 1.16 bits per heavy atom. The fourth-order valence-electron chi connectivity index (χ4n) is 4.09. The van der Waals surface area contributed by atoms with Crippen molar-refractivity contribution in [3.8, 4) is 11.5 Å². The lowest BCUT2D eigenvalue weighted by molar-refractivity contribution is 0.161. The number of ether oxygens (including phenoxy) is 2. The summed E-state index contributed by atoms with van der Waals surface area (Å²) in [6, 6.07) is 6.10. The highest BCUT2D eigenvalue weighted by molar-refractivity contribution is 5.38. The molecule has 0 radical (unpaired) electrons. The van der Waals surface area contributed by atoms with E-state index < -0.39 is 0 Å². The summed E-state index contributed by atoms with van der Waals surface area (Å²) in [5, 5.41) is 4.12. The lowest BCUT2D eigenvalue weighted by Gasteiger charge is -2.32. The van der Waals surface area contributed by atoms with E-state index in [4.69, 9.17) is 14.0 Å². The maximum Gasteiger partial charge on any atom is 0.223 e. The molecule has 1 saturated heterocycles. The number of piperidine rings is 1. The maximum absolute atomic E-state index is 5.37. The van der Waals surface area contributed by atoms with Crippen LogP contribution >= 0.6 is 0 Å². The molecule has 0 amide bonds. The third-order valence-electron chi connectivity index (χ3n) is 5.71. The maximum atomic E-state index is 5.37. The molecule has 1 aliphatic carbocycles. The third-order valence-corrected chi connectivity index (χ3v) is 5.71. The fraction of sp³-hybridized carbons (Fsp3) is 0.579. The molecule has 1 unspecified atom stereocenters. The molecule has 1 atom stereocenters. The van der Waals surface area contributed by atoms with Crippen LogP contribution in [0, 0.1) is 12.3 Å². The van der Waals surface area contributed by atoms with Crippen molar-refractivity contribution in [3.63, 3.8) is 0 Å². The van der Waals surface area contributed by atoms with Crippen molar-refractivity contribution in [2.24, 2.45) is 5.41 Å². The van der Waals surface area contributed by atoms with Gasteiger partial charge in [0.2, 0.25) is 5.89 Å². The highest BCUT2D eigenvalue weighted by Crippen LogP contribution is 2.64. The molecule has 1 spiro atoms. The van der Waals surface area contributed by atoms with Crippen LogP contribution < -0.4 is 9.47 Å². The van der Waals surface area contributed by atoms with Crippen molar-refractivity contribution in [1.29, 1.82) is 0 Å². The molecule has 134 valence electrons. The van der Waals surface area contributed by atoms with Gasteiger partial charge in [0.25, 0.3) is 0 Å². The monoisotopic (exact) mass is 343 g/mol. The summed E-state index contributed by atoms with van der Waals surface area (Å²) < 4.78 is 15.9. The molecule has 1 aromatic heterocycles. The summed E-state index contributed by atoms with van der Waals surface area (Å²) in [7, 11) is 3.38. The number of hydrogen-bond donors (Lipinski definition) is 0. The lowest BCUT2D eigenvalue weighted by atomic mass is 9.90. The zero-order valence-corrected chi connectivity index (χ0v) is 15.1. The van der Waals surface area contributed by atoms with Gasteiger partial charge in [0, 0.05) is 25.5 Å². The molecule has 4 rings (SSSR count). The van der Waals surface area contributed by atoms with E-state index in [9.17, 15) is 0 Å². The Kier molecular flexibility index (Phi) is 4.15. The first-order chi connectivity index (χ1) is 12.1. The highest BCUT2D eigenvalue weighted by atomic mass is 16.5. The number of benzene rings is 1. The Morgan fingerprint density at radius 2 is 1.84 bits per heavy atom. The first-order valence-corrected chi connectivity index (χ1v) is 8.86. The second-order valence-electron chi connectivity index (χ2n) is 7.29. The highest BCUT2D eigenvalue weighted by Gasteiger charge is 2.57. The number of methoxy groups -OCH3 is 2. The predicted octanol–water partition coefficient (Wildman–Crippen LogP) is 3.16. The molecule has 2 aromatic rings. The van der Waals surface area contributed by atoms with Crippen LogP contribution in [-0.2, 0) is 6.54 Å². The van der Waals surface area contributed by atoms with Crippen molar-refractivity contribution < 1.29 is 14.0 Å². The molecule has 2 aliphatic rings. The standard InChI is InChI=1S/C19H25N3O3/c1-13-20-18(21-25-13)17-11-19(17)4-6-22(7-5-19)12-14-8-15(23-2)10-16(9-14)24-3/h8-10,17H,4-7,11-12H2,1-3H3. The molecule has 6 heteroatoms. The van der Waals surface area contributed by atoms with E-state index >= 15 is 0 Å². The quantitative estimate of drug-likeness (QED) is 0.831. The van der Waals surface area contributed by atoms with Crippen LogP contribution in [0.1, 0.15) is 42.5 Å². The van der Waals surface area contributed by atoms with Gasteiger partial charge in [0.05, 0.1) is 14.2 Å². The molecule has 1 aromatic carbocycles. The van der Waals surface area contributed by atoms with Crippen LogP contribution in [0.4, 0.5) is 0 Å². The molecule has 25 heavy (non-hydrogen) atoms. The second kappa shape index (κ2) is 6.33. The number of hydrogen-bond acceptors (Lipinski definition) is 6. The summed E-state index contributed by atoms with van der Waals surface area (Å²) in [6.45, 7) is 4.99. The van der Waals surface area contributed by atoms with Crippen LogP contribution in [0.3, 0.4) is 0 Å². The molecule has 1 saturated carbocycles. The molecular formula is C19H25N3O3. The van der Waals surface area contributed by atoms with E-state index in [0.717, 1.165) is 37.0 Å². The first-order valence-electron chi connectivity index (χ1n) is 8.86. The van der Waals surface area contributed by atoms with Crippen LogP contribution in [-0.4, -0.2) is 42.3 Å². The number of aromatic nitrogens is 2. The van der Waals surface area contributed by atoms with Gasteiger partial charge >= 0.3 is 0 Å². The Balaban J connectivity index is 1.37. The molecular weight excluding hydrogens is 318 g/mol. The molecule has 0 bridgehead atoms. The van der Waals surface area contributed by atoms with Crippen LogP contribution in [0.15, 0.2) is 22.7 Å². The minimum absolute atomic E-state index is 0.402. The summed E-state index contributed by atoms with van der Waals surface area (Å²) >= 11 is 0. The number of nitrogens with zero attached hydrogens (tertiary/aromatic N) is 3. The summed E-state index contributed by atoms with van der Waals surface area (Å²) in [6.07, 6.45) is 3.60. The van der Waals surface area contributed by atoms with E-state index in [-0.39, 0.29) is 0 Å². The van der Waals surface area contributed by atoms with Crippen LogP contribution in [0.2, 0.25) is 0 Å². The fourth-order valence-corrected chi connectivity index (χ4v) is 4.09. The first kappa shape index (κ1) is 16.4. The molecule has 0 N–H and O–H groups in total. The lowest BCUT2D eigenvalue weighted by Crippen LogP contribution is -2.34. The molecule has 1 aliphatic heterocycles. The Bertz CT molecular complexity index is 728. The summed E-state index contributed by atoms with van der Waals surface area (Å²) in [4.78, 5) is 6.94. The third kappa shape index (κ3) is 3.23. The average molecular weight is 343 g/mol. The minimum Gasteiger partial charge on any atom is -0.497 e. The topological polar surface area (TPSA) is 60.6 Å². The van der Waals surface area contributed by atoms with Gasteiger partial charge in [0.1, 0.15) is 11.5 Å². The van der Waals surface area contributed by atoms with Crippen molar-refractivity contribution in [2.75, 3.05) is 27.3 Å². The van der Waals surface area contributed by atoms with Crippen molar-refractivity contribution in [1.82, 2.24) is 15.0 Å². The number of rotatable bonds is 5. The number of aryl methyl sites for hydroxylation is 1. The zero-order chi connectivity index (χ0) is 17.4. The van der Waals surface area contributed by atoms with Crippen molar-refractivity contribution in [3.05, 3.63) is 35.5 Å². The second-order valence-corrected chi connectivity index (χ2v) is 7.29. The van der Waals surface area contributed by atoms with Gasteiger partial charge in [0.15, 0.2) is 5.82 Å². The average Bonchev–Trinajstić information content (AvgIpc) is 3.16. The van der Waals surface area contributed by atoms with Crippen LogP contribution in [0.25, 0.3) is 0 Å². The van der Waals surface area contributed by atoms with E-state index in [2.05, 4.69) is 27.2 Å². The van der Waals surface area contributed by atoms with E-state index in [0.29, 0.717) is 17.2 Å². The Hall–Kier alpha value is -2.08. The van der Waals surface area contributed by atoms with Crippen LogP contribution in [0.5, 0.6) is 11.5 Å². The van der Waals surface area contributed by atoms with E-state index in [1.807, 2.05) is 13.0 Å². The van der Waals surface area contributed by atoms with Gasteiger partial charge in [-0.25, -0.2) is 0 Å². The van der Waals surface area contributed by atoms with Gasteiger partial charge in [-0.15, -0.1) is 0 Å². The molecule has 2 heterocycles. The Labute approximate surface area is 148 Å². The minimum atomic E-state index is 0.402. The van der Waals surface area contributed by atoms with Gasteiger partial charge < -0.3 is 14.0 Å². The normalized spacial score (nSPS) is 22.1. The molecule has 2 fully saturated rings. The number of likely N-dealkylation sites (tertiary alicyclic amines) is 1.